The van der Waals surface area contributed by atoms with Gasteiger partial charge in [0.05, 0.1) is 0 Å². The number of hydrogen-bond donors (Lipinski definition) is 0. The van der Waals surface area contributed by atoms with E-state index in [1.165, 1.54) is 86.9 Å². The molecule has 2 heteroatoms. The highest BCUT2D eigenvalue weighted by Gasteiger charge is 2.35. The van der Waals surface area contributed by atoms with E-state index < -0.39 is 0 Å². The van der Waals surface area contributed by atoms with E-state index in [-0.39, 0.29) is 5.41 Å². The second-order valence-electron chi connectivity index (χ2n) is 15.5. The van der Waals surface area contributed by atoms with Crippen LogP contribution >= 0.6 is 11.3 Å². The highest BCUT2D eigenvalue weighted by molar-refractivity contribution is 7.26. The maximum Gasteiger partial charge on any atom is 0.0465 e. The van der Waals surface area contributed by atoms with Crippen molar-refractivity contribution in [2.75, 3.05) is 4.90 Å². The van der Waals surface area contributed by atoms with Gasteiger partial charge < -0.3 is 4.90 Å². The predicted molar refractivity (Wildman–Crippen MR) is 237 cm³/mol. The summed E-state index contributed by atoms with van der Waals surface area (Å²) in [5.74, 6) is 0. The summed E-state index contributed by atoms with van der Waals surface area (Å²) in [5, 5.41) is 2.65. The van der Waals surface area contributed by atoms with Gasteiger partial charge in [0.1, 0.15) is 0 Å². The minimum absolute atomic E-state index is 0.0927. The molecule has 264 valence electrons. The average molecular weight is 724 g/mol. The van der Waals surface area contributed by atoms with Crippen molar-refractivity contribution >= 4 is 48.6 Å². The quantitative estimate of drug-likeness (QED) is 0.165. The largest absolute Gasteiger partial charge is 0.310 e. The molecular formula is C53H41NS. The molecule has 0 bridgehead atoms. The molecular weight excluding hydrogens is 683 g/mol. The topological polar surface area (TPSA) is 3.24 Å². The molecule has 0 radical (unpaired) electrons. The number of anilines is 3. The molecule has 1 aromatic heterocycles. The average Bonchev–Trinajstić information content (AvgIpc) is 3.71. The van der Waals surface area contributed by atoms with E-state index in [2.05, 4.69) is 209 Å². The molecule has 10 rings (SSSR count). The van der Waals surface area contributed by atoms with Gasteiger partial charge in [-0.25, -0.2) is 0 Å². The summed E-state index contributed by atoms with van der Waals surface area (Å²) in [7, 11) is 0. The molecule has 8 aromatic carbocycles. The summed E-state index contributed by atoms with van der Waals surface area (Å²) in [6, 6.07) is 65.2. The second kappa shape index (κ2) is 13.0. The van der Waals surface area contributed by atoms with Crippen molar-refractivity contribution in [1.29, 1.82) is 0 Å². The first-order valence-electron chi connectivity index (χ1n) is 19.2. The fourth-order valence-electron chi connectivity index (χ4n) is 8.81. The van der Waals surface area contributed by atoms with Gasteiger partial charge in [0.15, 0.2) is 0 Å². The molecule has 55 heavy (non-hydrogen) atoms. The first-order valence-corrected chi connectivity index (χ1v) is 20.0. The second-order valence-corrected chi connectivity index (χ2v) is 16.5. The number of benzene rings is 8. The van der Waals surface area contributed by atoms with E-state index in [1.54, 1.807) is 0 Å². The van der Waals surface area contributed by atoms with Crippen molar-refractivity contribution in [1.82, 2.24) is 0 Å². The number of fused-ring (bicyclic) bond motifs is 6. The fourth-order valence-corrected chi connectivity index (χ4v) is 10.1. The Labute approximate surface area is 327 Å². The molecule has 9 aromatic rings. The molecule has 0 unspecified atom stereocenters. The maximum atomic E-state index is 2.42. The molecule has 0 amide bonds. The third-order valence-electron chi connectivity index (χ3n) is 11.8. The lowest BCUT2D eigenvalue weighted by Gasteiger charge is -2.28. The molecule has 0 saturated heterocycles. The van der Waals surface area contributed by atoms with Gasteiger partial charge in [-0.3, -0.25) is 0 Å². The summed E-state index contributed by atoms with van der Waals surface area (Å²) in [6.07, 6.45) is 0. The van der Waals surface area contributed by atoms with E-state index in [0.29, 0.717) is 0 Å². The van der Waals surface area contributed by atoms with Crippen LogP contribution in [-0.2, 0) is 5.41 Å². The molecule has 0 saturated carbocycles. The Morgan fingerprint density at radius 2 is 0.982 bits per heavy atom. The lowest BCUT2D eigenvalue weighted by atomic mass is 9.82. The summed E-state index contributed by atoms with van der Waals surface area (Å²) in [6.45, 7) is 9.12. The number of thiophene rings is 1. The van der Waals surface area contributed by atoms with Crippen LogP contribution in [0.2, 0.25) is 0 Å². The first kappa shape index (κ1) is 33.4. The molecule has 0 atom stereocenters. The van der Waals surface area contributed by atoms with Gasteiger partial charge in [0.25, 0.3) is 0 Å². The summed E-state index contributed by atoms with van der Waals surface area (Å²) >= 11 is 1.88. The number of hydrogen-bond acceptors (Lipinski definition) is 2. The van der Waals surface area contributed by atoms with E-state index in [4.69, 9.17) is 0 Å². The van der Waals surface area contributed by atoms with Gasteiger partial charge in [-0.1, -0.05) is 141 Å². The van der Waals surface area contributed by atoms with Crippen LogP contribution in [-0.4, -0.2) is 0 Å². The smallest absolute Gasteiger partial charge is 0.0465 e. The minimum Gasteiger partial charge on any atom is -0.310 e. The van der Waals surface area contributed by atoms with Crippen molar-refractivity contribution in [2.24, 2.45) is 0 Å². The van der Waals surface area contributed by atoms with Gasteiger partial charge in [0, 0.05) is 42.6 Å². The third-order valence-corrected chi connectivity index (χ3v) is 13.0. The summed E-state index contributed by atoms with van der Waals surface area (Å²) in [5.41, 5.74) is 18.8. The van der Waals surface area contributed by atoms with Crippen LogP contribution in [0.5, 0.6) is 0 Å². The van der Waals surface area contributed by atoms with Crippen LogP contribution in [0.3, 0.4) is 0 Å². The van der Waals surface area contributed by atoms with Crippen molar-refractivity contribution in [3.8, 4) is 44.5 Å². The maximum absolute atomic E-state index is 2.42. The Balaban J connectivity index is 1.07. The van der Waals surface area contributed by atoms with Crippen molar-refractivity contribution in [3.63, 3.8) is 0 Å². The zero-order chi connectivity index (χ0) is 37.3. The zero-order valence-electron chi connectivity index (χ0n) is 31.6. The molecule has 0 fully saturated rings. The molecule has 1 aliphatic carbocycles. The standard InChI is InChI=1S/C53H41NS/c1-34-12-5-6-13-42(34)48-32-38(21-20-35(48)2)36-22-26-39(27-23-36)54(41-30-31-45-44-14-7-9-18-49(44)53(3,4)50(45)33-41)40-28-24-37(25-29-40)43-16-11-17-47-46-15-8-10-19-51(46)55-52(43)47/h5-33H,1-4H3. The van der Waals surface area contributed by atoms with Crippen molar-refractivity contribution < 1.29 is 0 Å². The van der Waals surface area contributed by atoms with Crippen LogP contribution in [0, 0.1) is 13.8 Å². The van der Waals surface area contributed by atoms with Gasteiger partial charge in [0.2, 0.25) is 0 Å². The highest BCUT2D eigenvalue weighted by atomic mass is 32.1. The Bertz CT molecular complexity index is 2910. The third kappa shape index (κ3) is 5.51. The Morgan fingerprint density at radius 1 is 0.400 bits per heavy atom. The number of nitrogens with zero attached hydrogens (tertiary/aromatic N) is 1. The first-order chi connectivity index (χ1) is 26.8. The van der Waals surface area contributed by atoms with E-state index >= 15 is 0 Å². The van der Waals surface area contributed by atoms with Crippen LogP contribution in [0.1, 0.15) is 36.1 Å². The van der Waals surface area contributed by atoms with Gasteiger partial charge >= 0.3 is 0 Å². The lowest BCUT2D eigenvalue weighted by Crippen LogP contribution is -2.16. The number of aryl methyl sites for hydroxylation is 2. The molecule has 1 nitrogen and oxygen atoms in total. The Hall–Kier alpha value is -6.22. The molecule has 0 aliphatic heterocycles. The van der Waals surface area contributed by atoms with Crippen molar-refractivity contribution in [2.45, 2.75) is 33.1 Å². The van der Waals surface area contributed by atoms with Gasteiger partial charge in [-0.2, -0.15) is 0 Å². The van der Waals surface area contributed by atoms with E-state index in [1.807, 2.05) is 11.3 Å². The SMILES string of the molecule is Cc1ccccc1-c1cc(-c2ccc(N(c3ccc(-c4cccc5c4sc4ccccc45)cc3)c3ccc4c(c3)C(C)(C)c3ccccc3-4)cc2)ccc1C. The van der Waals surface area contributed by atoms with Crippen LogP contribution in [0.4, 0.5) is 17.1 Å². The van der Waals surface area contributed by atoms with Crippen LogP contribution in [0.25, 0.3) is 64.7 Å². The van der Waals surface area contributed by atoms with E-state index in [9.17, 15) is 0 Å². The van der Waals surface area contributed by atoms with Gasteiger partial charge in [-0.05, 0) is 129 Å². The Kier molecular flexibility index (Phi) is 7.87. The normalized spacial score (nSPS) is 12.9. The van der Waals surface area contributed by atoms with Crippen LogP contribution < -0.4 is 4.90 Å². The fraction of sp³-hybridized carbons (Fsp3) is 0.0943. The van der Waals surface area contributed by atoms with E-state index in [0.717, 1.165) is 17.1 Å². The minimum atomic E-state index is -0.0927. The van der Waals surface area contributed by atoms with Crippen molar-refractivity contribution in [3.05, 3.63) is 198 Å². The Morgan fingerprint density at radius 3 is 1.76 bits per heavy atom. The lowest BCUT2D eigenvalue weighted by molar-refractivity contribution is 0.660. The predicted octanol–water partition coefficient (Wildman–Crippen LogP) is 15.4. The highest BCUT2D eigenvalue weighted by Crippen LogP contribution is 2.51. The summed E-state index contributed by atoms with van der Waals surface area (Å²) in [4.78, 5) is 2.42. The summed E-state index contributed by atoms with van der Waals surface area (Å²) < 4.78 is 2.67. The zero-order valence-corrected chi connectivity index (χ0v) is 32.4. The monoisotopic (exact) mass is 723 g/mol. The molecule has 1 heterocycles. The molecule has 0 spiro atoms. The van der Waals surface area contributed by atoms with Gasteiger partial charge in [-0.15, -0.1) is 11.3 Å². The number of rotatable bonds is 6. The molecule has 0 N–H and O–H groups in total. The van der Waals surface area contributed by atoms with Crippen LogP contribution in [0.15, 0.2) is 176 Å². The molecule has 1 aliphatic rings.